The van der Waals surface area contributed by atoms with Gasteiger partial charge < -0.3 is 15.4 Å². The van der Waals surface area contributed by atoms with E-state index >= 15 is 0 Å². The molecular weight excluding hydrogens is 442 g/mol. The number of rotatable bonds is 9. The van der Waals surface area contributed by atoms with E-state index in [2.05, 4.69) is 10.6 Å². The molecule has 2 aromatic rings. The highest BCUT2D eigenvalue weighted by Gasteiger charge is 2.27. The summed E-state index contributed by atoms with van der Waals surface area (Å²) in [5, 5.41) is 5.30. The van der Waals surface area contributed by atoms with Gasteiger partial charge in [-0.1, -0.05) is 6.07 Å². The van der Waals surface area contributed by atoms with Gasteiger partial charge in [-0.3, -0.25) is 13.9 Å². The first-order chi connectivity index (χ1) is 15.5. The zero-order valence-corrected chi connectivity index (χ0v) is 20.5. The highest BCUT2D eigenvalue weighted by Crippen LogP contribution is 2.31. The molecule has 0 atom stereocenters. The molecule has 8 nitrogen and oxygen atoms in total. The summed E-state index contributed by atoms with van der Waals surface area (Å²) in [5.74, 6) is -0.208. The normalized spacial score (nSPS) is 13.4. The average molecular weight is 474 g/mol. The van der Waals surface area contributed by atoms with E-state index in [-0.39, 0.29) is 25.1 Å². The van der Waals surface area contributed by atoms with Crippen molar-refractivity contribution < 1.29 is 22.7 Å². The van der Waals surface area contributed by atoms with Crippen LogP contribution in [-0.2, 0) is 19.6 Å². The maximum absolute atomic E-state index is 13.4. The van der Waals surface area contributed by atoms with E-state index in [0.29, 0.717) is 16.3 Å². The molecule has 0 heterocycles. The van der Waals surface area contributed by atoms with E-state index in [4.69, 9.17) is 4.74 Å². The minimum Gasteiger partial charge on any atom is -0.484 e. The van der Waals surface area contributed by atoms with Crippen LogP contribution in [0.25, 0.3) is 0 Å². The van der Waals surface area contributed by atoms with Gasteiger partial charge in [-0.2, -0.15) is 0 Å². The molecule has 0 radical (unpaired) electrons. The quantitative estimate of drug-likeness (QED) is 0.582. The first kappa shape index (κ1) is 24.6. The number of ether oxygens (including phenoxy) is 1. The molecule has 0 aromatic heterocycles. The third-order valence-corrected chi connectivity index (χ3v) is 7.93. The highest BCUT2D eigenvalue weighted by atomic mass is 32.2. The predicted octanol–water partition coefficient (Wildman–Crippen LogP) is 2.52. The van der Waals surface area contributed by atoms with Gasteiger partial charge in [0.15, 0.2) is 6.61 Å². The molecular formula is C24H31N3O5S. The lowest BCUT2D eigenvalue weighted by atomic mass is 10.0. The van der Waals surface area contributed by atoms with Crippen LogP contribution in [0.15, 0.2) is 35.2 Å². The number of sulfonamides is 1. The van der Waals surface area contributed by atoms with Gasteiger partial charge in [0.05, 0.1) is 17.1 Å². The van der Waals surface area contributed by atoms with E-state index in [1.54, 1.807) is 24.3 Å². The van der Waals surface area contributed by atoms with E-state index in [1.165, 1.54) is 11.4 Å². The average Bonchev–Trinajstić information content (AvgIpc) is 3.58. The smallest absolute Gasteiger partial charge is 0.264 e. The fourth-order valence-electron chi connectivity index (χ4n) is 3.48. The molecule has 3 rings (SSSR count). The fourth-order valence-corrected chi connectivity index (χ4v) is 5.25. The van der Waals surface area contributed by atoms with E-state index in [1.807, 2.05) is 33.8 Å². The summed E-state index contributed by atoms with van der Waals surface area (Å²) in [6.07, 6.45) is 1.97. The Labute approximate surface area is 195 Å². The molecule has 0 bridgehead atoms. The van der Waals surface area contributed by atoms with Crippen molar-refractivity contribution in [2.24, 2.45) is 0 Å². The maximum atomic E-state index is 13.4. The first-order valence-corrected chi connectivity index (χ1v) is 12.3. The molecule has 2 aromatic carbocycles. The standard InChI is InChI=1S/C24H31N3O5S/c1-15-12-16(2)18(4)24(17(15)3)33(30,31)27(5)20-8-10-21(11-9-20)32-14-23(29)25-13-22(28)26-19-6-7-19/h8-12,19H,6-7,13-14H2,1-5H3,(H,25,29)(H,26,28). The van der Waals surface area contributed by atoms with Gasteiger partial charge in [-0.25, -0.2) is 8.42 Å². The van der Waals surface area contributed by atoms with Gasteiger partial charge in [0.25, 0.3) is 15.9 Å². The number of anilines is 1. The lowest BCUT2D eigenvalue weighted by molar-refractivity contribution is -0.127. The van der Waals surface area contributed by atoms with Crippen molar-refractivity contribution in [3.8, 4) is 5.75 Å². The van der Waals surface area contributed by atoms with Crippen LogP contribution in [0.4, 0.5) is 5.69 Å². The third kappa shape index (κ3) is 5.84. The van der Waals surface area contributed by atoms with Gasteiger partial charge in [0, 0.05) is 13.1 Å². The molecule has 1 saturated carbocycles. The number of nitrogens with one attached hydrogen (secondary N) is 2. The van der Waals surface area contributed by atoms with Crippen LogP contribution < -0.4 is 19.7 Å². The Morgan fingerprint density at radius 3 is 2.12 bits per heavy atom. The summed E-state index contributed by atoms with van der Waals surface area (Å²) in [4.78, 5) is 23.8. The number of carbonyl (C=O) groups is 2. The number of carbonyl (C=O) groups excluding carboxylic acids is 2. The molecule has 0 unspecified atom stereocenters. The fraction of sp³-hybridized carbons (Fsp3) is 0.417. The lowest BCUT2D eigenvalue weighted by Gasteiger charge is -2.23. The minimum absolute atomic E-state index is 0.0858. The molecule has 33 heavy (non-hydrogen) atoms. The van der Waals surface area contributed by atoms with Crippen molar-refractivity contribution in [2.75, 3.05) is 24.5 Å². The van der Waals surface area contributed by atoms with Gasteiger partial charge in [0.1, 0.15) is 5.75 Å². The molecule has 178 valence electrons. The first-order valence-electron chi connectivity index (χ1n) is 10.9. The Morgan fingerprint density at radius 1 is 1.00 bits per heavy atom. The summed E-state index contributed by atoms with van der Waals surface area (Å²) < 4.78 is 33.5. The Kier molecular flexibility index (Phi) is 7.31. The van der Waals surface area contributed by atoms with Crippen molar-refractivity contribution in [3.05, 3.63) is 52.6 Å². The molecule has 1 aliphatic carbocycles. The molecule has 1 fully saturated rings. The Balaban J connectivity index is 1.62. The number of nitrogens with zero attached hydrogens (tertiary/aromatic N) is 1. The van der Waals surface area contributed by atoms with Gasteiger partial charge in [-0.15, -0.1) is 0 Å². The Bertz CT molecular complexity index is 1130. The summed E-state index contributed by atoms with van der Waals surface area (Å²) in [6, 6.07) is 8.70. The van der Waals surface area contributed by atoms with Crippen LogP contribution >= 0.6 is 0 Å². The Hall–Kier alpha value is -3.07. The summed E-state index contributed by atoms with van der Waals surface area (Å²) >= 11 is 0. The van der Waals surface area contributed by atoms with Crippen LogP contribution in [0.3, 0.4) is 0 Å². The largest absolute Gasteiger partial charge is 0.484 e. The van der Waals surface area contributed by atoms with Gasteiger partial charge in [-0.05, 0) is 87.1 Å². The van der Waals surface area contributed by atoms with E-state index in [0.717, 1.165) is 35.1 Å². The molecule has 0 saturated heterocycles. The number of hydrogen-bond acceptors (Lipinski definition) is 5. The molecule has 2 amide bonds. The maximum Gasteiger partial charge on any atom is 0.264 e. The van der Waals surface area contributed by atoms with Crippen LogP contribution in [-0.4, -0.2) is 46.5 Å². The van der Waals surface area contributed by atoms with Crippen LogP contribution in [0, 0.1) is 27.7 Å². The van der Waals surface area contributed by atoms with Crippen LogP contribution in [0.2, 0.25) is 0 Å². The summed E-state index contributed by atoms with van der Waals surface area (Å²) in [5.41, 5.74) is 3.80. The highest BCUT2D eigenvalue weighted by molar-refractivity contribution is 7.92. The topological polar surface area (TPSA) is 105 Å². The molecule has 2 N–H and O–H groups in total. The number of hydrogen-bond donors (Lipinski definition) is 2. The summed E-state index contributed by atoms with van der Waals surface area (Å²) in [7, 11) is -2.25. The number of aryl methyl sites for hydroxylation is 2. The Morgan fingerprint density at radius 2 is 1.58 bits per heavy atom. The molecule has 0 spiro atoms. The minimum atomic E-state index is -3.77. The SMILES string of the molecule is Cc1cc(C)c(C)c(S(=O)(=O)N(C)c2ccc(OCC(=O)NCC(=O)NC3CC3)cc2)c1C. The van der Waals surface area contributed by atoms with Crippen molar-refractivity contribution in [2.45, 2.75) is 51.5 Å². The third-order valence-electron chi connectivity index (χ3n) is 5.87. The zero-order valence-electron chi connectivity index (χ0n) is 19.7. The van der Waals surface area contributed by atoms with E-state index < -0.39 is 15.9 Å². The van der Waals surface area contributed by atoms with Crippen molar-refractivity contribution >= 4 is 27.5 Å². The zero-order chi connectivity index (χ0) is 24.3. The second kappa shape index (κ2) is 9.82. The molecule has 0 aliphatic heterocycles. The second-order valence-electron chi connectivity index (χ2n) is 8.46. The van der Waals surface area contributed by atoms with Crippen LogP contribution in [0.5, 0.6) is 5.75 Å². The van der Waals surface area contributed by atoms with Crippen LogP contribution in [0.1, 0.15) is 35.1 Å². The predicted molar refractivity (Wildman–Crippen MR) is 127 cm³/mol. The number of benzene rings is 2. The monoisotopic (exact) mass is 473 g/mol. The second-order valence-corrected chi connectivity index (χ2v) is 10.4. The summed E-state index contributed by atoms with van der Waals surface area (Å²) in [6.45, 7) is 7.12. The molecule has 9 heteroatoms. The van der Waals surface area contributed by atoms with Crippen molar-refractivity contribution in [3.63, 3.8) is 0 Å². The number of amides is 2. The van der Waals surface area contributed by atoms with Crippen molar-refractivity contribution in [1.29, 1.82) is 0 Å². The molecule has 1 aliphatic rings. The van der Waals surface area contributed by atoms with E-state index in [9.17, 15) is 18.0 Å². The van der Waals surface area contributed by atoms with Crippen molar-refractivity contribution in [1.82, 2.24) is 10.6 Å². The van der Waals surface area contributed by atoms with Gasteiger partial charge >= 0.3 is 0 Å². The van der Waals surface area contributed by atoms with Gasteiger partial charge in [0.2, 0.25) is 5.91 Å². The lowest BCUT2D eigenvalue weighted by Crippen LogP contribution is -2.39.